The summed E-state index contributed by atoms with van der Waals surface area (Å²) in [5.41, 5.74) is 0. The minimum absolute atomic E-state index is 0.446. The van der Waals surface area contributed by atoms with Crippen molar-refractivity contribution in [1.29, 1.82) is 0 Å². The Morgan fingerprint density at radius 1 is 1.42 bits per heavy atom. The summed E-state index contributed by atoms with van der Waals surface area (Å²) >= 11 is 0. The third-order valence-electron chi connectivity index (χ3n) is 2.31. The van der Waals surface area contributed by atoms with E-state index >= 15 is 0 Å². The molecule has 1 heterocycles. The van der Waals surface area contributed by atoms with E-state index < -0.39 is 0 Å². The molecule has 2 aliphatic rings. The van der Waals surface area contributed by atoms with Crippen molar-refractivity contribution in [2.24, 2.45) is 0 Å². The first-order chi connectivity index (χ1) is 5.92. The third kappa shape index (κ3) is 1.32. The molecule has 2 atom stereocenters. The Balaban J connectivity index is 2.03. The van der Waals surface area contributed by atoms with E-state index in [0.717, 1.165) is 6.54 Å². The summed E-state index contributed by atoms with van der Waals surface area (Å²) in [6, 6.07) is 0.941. The SMILES string of the molecule is CCCN1[C]NC2C=CC=CC21. The Bertz CT molecular complexity index is 208. The van der Waals surface area contributed by atoms with Crippen LogP contribution >= 0.6 is 0 Å². The fourth-order valence-electron chi connectivity index (χ4n) is 1.70. The van der Waals surface area contributed by atoms with Crippen LogP contribution in [0.15, 0.2) is 24.3 Å². The molecule has 1 N–H and O–H groups in total. The third-order valence-corrected chi connectivity index (χ3v) is 2.31. The van der Waals surface area contributed by atoms with Crippen LogP contribution in [-0.4, -0.2) is 23.5 Å². The predicted molar refractivity (Wildman–Crippen MR) is 49.2 cm³/mol. The van der Waals surface area contributed by atoms with Gasteiger partial charge in [0.15, 0.2) is 0 Å². The summed E-state index contributed by atoms with van der Waals surface area (Å²) in [6.07, 6.45) is 9.79. The van der Waals surface area contributed by atoms with Gasteiger partial charge in [-0.05, 0) is 6.42 Å². The molecule has 64 valence electrons. The number of nitrogens with one attached hydrogen (secondary N) is 1. The molecule has 2 unspecified atom stereocenters. The van der Waals surface area contributed by atoms with Crippen molar-refractivity contribution >= 4 is 0 Å². The molecule has 2 rings (SSSR count). The van der Waals surface area contributed by atoms with E-state index in [-0.39, 0.29) is 0 Å². The van der Waals surface area contributed by atoms with Gasteiger partial charge in [0.1, 0.15) is 6.67 Å². The zero-order valence-corrected chi connectivity index (χ0v) is 7.33. The van der Waals surface area contributed by atoms with Crippen molar-refractivity contribution in [1.82, 2.24) is 10.2 Å². The number of nitrogens with zero attached hydrogens (tertiary/aromatic N) is 1. The highest BCUT2D eigenvalue weighted by molar-refractivity contribution is 5.23. The molecule has 12 heavy (non-hydrogen) atoms. The van der Waals surface area contributed by atoms with Gasteiger partial charge in [-0.2, -0.15) is 0 Å². The van der Waals surface area contributed by atoms with E-state index in [0.29, 0.717) is 12.1 Å². The van der Waals surface area contributed by atoms with Gasteiger partial charge in [-0.15, -0.1) is 0 Å². The van der Waals surface area contributed by atoms with Gasteiger partial charge in [0.05, 0.1) is 0 Å². The molecule has 2 nitrogen and oxygen atoms in total. The average Bonchev–Trinajstić information content (AvgIpc) is 2.50. The van der Waals surface area contributed by atoms with Crippen molar-refractivity contribution in [2.45, 2.75) is 25.4 Å². The lowest BCUT2D eigenvalue weighted by molar-refractivity contribution is 0.325. The van der Waals surface area contributed by atoms with Crippen LogP contribution in [0.25, 0.3) is 0 Å². The molecule has 0 aromatic heterocycles. The zero-order valence-electron chi connectivity index (χ0n) is 7.33. The van der Waals surface area contributed by atoms with Crippen LogP contribution in [0.5, 0.6) is 0 Å². The molecule has 0 amide bonds. The number of hydrogen-bond donors (Lipinski definition) is 1. The van der Waals surface area contributed by atoms with Gasteiger partial charge >= 0.3 is 0 Å². The van der Waals surface area contributed by atoms with Gasteiger partial charge in [0.25, 0.3) is 0 Å². The van der Waals surface area contributed by atoms with Gasteiger partial charge in [0, 0.05) is 18.6 Å². The summed E-state index contributed by atoms with van der Waals surface area (Å²) < 4.78 is 0. The topological polar surface area (TPSA) is 15.3 Å². The maximum atomic E-state index is 3.23. The van der Waals surface area contributed by atoms with Crippen LogP contribution in [0.4, 0.5) is 0 Å². The standard InChI is InChI=1S/C10H14N2/c1-2-7-12-8-11-9-5-3-4-6-10(9)12/h3-6,9-11H,2,7H2,1H3. The first kappa shape index (κ1) is 8.02. The molecule has 0 saturated carbocycles. The van der Waals surface area contributed by atoms with Crippen molar-refractivity contribution in [2.75, 3.05) is 6.54 Å². The van der Waals surface area contributed by atoms with Crippen LogP contribution in [-0.2, 0) is 0 Å². The first-order valence-electron chi connectivity index (χ1n) is 4.54. The summed E-state index contributed by atoms with van der Waals surface area (Å²) in [4.78, 5) is 2.24. The van der Waals surface area contributed by atoms with Crippen molar-refractivity contribution < 1.29 is 0 Å². The predicted octanol–water partition coefficient (Wildman–Crippen LogP) is 1.16. The van der Waals surface area contributed by atoms with Gasteiger partial charge in [-0.3, -0.25) is 10.2 Å². The lowest BCUT2D eigenvalue weighted by Gasteiger charge is -2.22. The molecule has 0 bridgehead atoms. The minimum atomic E-state index is 0.446. The molecule has 1 aliphatic carbocycles. The highest BCUT2D eigenvalue weighted by Gasteiger charge is 2.31. The smallest absolute Gasteiger partial charge is 0.144 e. The van der Waals surface area contributed by atoms with E-state index in [9.17, 15) is 0 Å². The van der Waals surface area contributed by atoms with Crippen molar-refractivity contribution in [3.63, 3.8) is 0 Å². The molecule has 0 spiro atoms. The molecular weight excluding hydrogens is 148 g/mol. The quantitative estimate of drug-likeness (QED) is 0.655. The van der Waals surface area contributed by atoms with Crippen LogP contribution in [0.3, 0.4) is 0 Å². The number of hydrogen-bond acceptors (Lipinski definition) is 2. The fraction of sp³-hybridized carbons (Fsp3) is 0.500. The monoisotopic (exact) mass is 162 g/mol. The van der Waals surface area contributed by atoms with Gasteiger partial charge in [0.2, 0.25) is 0 Å². The second kappa shape index (κ2) is 3.42. The second-order valence-electron chi connectivity index (χ2n) is 3.24. The molecule has 0 aromatic carbocycles. The lowest BCUT2D eigenvalue weighted by atomic mass is 10.0. The normalized spacial score (nSPS) is 34.1. The average molecular weight is 162 g/mol. The molecule has 2 heteroatoms. The summed E-state index contributed by atoms with van der Waals surface area (Å²) in [6.45, 7) is 6.46. The highest BCUT2D eigenvalue weighted by atomic mass is 15.3. The maximum Gasteiger partial charge on any atom is 0.144 e. The van der Waals surface area contributed by atoms with Crippen molar-refractivity contribution in [3.05, 3.63) is 31.0 Å². The number of allylic oxidation sites excluding steroid dienone is 2. The molecule has 1 saturated heterocycles. The van der Waals surface area contributed by atoms with E-state index in [1.807, 2.05) is 0 Å². The second-order valence-corrected chi connectivity index (χ2v) is 3.24. The minimum Gasteiger partial charge on any atom is -0.285 e. The molecule has 1 fully saturated rings. The maximum absolute atomic E-state index is 3.23. The Hall–Kier alpha value is -0.600. The van der Waals surface area contributed by atoms with Gasteiger partial charge in [-0.25, -0.2) is 0 Å². The summed E-state index contributed by atoms with van der Waals surface area (Å²) in [5.74, 6) is 0. The number of rotatable bonds is 2. The van der Waals surface area contributed by atoms with Crippen LogP contribution in [0, 0.1) is 6.67 Å². The Morgan fingerprint density at radius 3 is 3.08 bits per heavy atom. The lowest BCUT2D eigenvalue weighted by Crippen LogP contribution is -2.34. The summed E-state index contributed by atoms with van der Waals surface area (Å²) in [5, 5.41) is 3.23. The van der Waals surface area contributed by atoms with Gasteiger partial charge in [-0.1, -0.05) is 31.2 Å². The molecular formula is C10H14N2. The largest absolute Gasteiger partial charge is 0.285 e. The first-order valence-corrected chi connectivity index (χ1v) is 4.54. The Kier molecular flexibility index (Phi) is 2.28. The van der Waals surface area contributed by atoms with E-state index in [1.54, 1.807) is 0 Å². The molecule has 1 aliphatic heterocycles. The van der Waals surface area contributed by atoms with Crippen LogP contribution in [0.1, 0.15) is 13.3 Å². The van der Waals surface area contributed by atoms with E-state index in [1.165, 1.54) is 6.42 Å². The Morgan fingerprint density at radius 2 is 2.25 bits per heavy atom. The zero-order chi connectivity index (χ0) is 8.39. The fourth-order valence-corrected chi connectivity index (χ4v) is 1.70. The van der Waals surface area contributed by atoms with E-state index in [2.05, 4.69) is 48.1 Å². The highest BCUT2D eigenvalue weighted by Crippen LogP contribution is 2.19. The molecule has 0 aromatic rings. The molecule has 2 radical (unpaired) electrons. The van der Waals surface area contributed by atoms with Crippen LogP contribution in [0.2, 0.25) is 0 Å². The van der Waals surface area contributed by atoms with Crippen molar-refractivity contribution in [3.8, 4) is 0 Å². The Labute approximate surface area is 73.9 Å². The summed E-state index contributed by atoms with van der Waals surface area (Å²) in [7, 11) is 0. The van der Waals surface area contributed by atoms with Gasteiger partial charge < -0.3 is 0 Å². The number of fused-ring (bicyclic) bond motifs is 1. The van der Waals surface area contributed by atoms with E-state index in [4.69, 9.17) is 0 Å². The van der Waals surface area contributed by atoms with Crippen LogP contribution < -0.4 is 5.32 Å².